The third-order valence-electron chi connectivity index (χ3n) is 8.05. The highest BCUT2D eigenvalue weighted by Crippen LogP contribution is 2.43. The molecule has 48 heavy (non-hydrogen) atoms. The first-order valence-electron chi connectivity index (χ1n) is 18.7. The molecule has 0 heterocycles. The van der Waals surface area contributed by atoms with Crippen molar-refractivity contribution >= 4 is 25.7 Å². The molecule has 1 amide bonds. The molecule has 0 aliphatic carbocycles. The minimum absolute atomic E-state index is 0.145. The molecule has 4 N–H and O–H groups in total. The Morgan fingerprint density at radius 2 is 1.08 bits per heavy atom. The summed E-state index contributed by atoms with van der Waals surface area (Å²) in [4.78, 5) is 45.3. The summed E-state index contributed by atoms with van der Waals surface area (Å²) in [5.74, 6) is -2.39. The van der Waals surface area contributed by atoms with E-state index >= 15 is 0 Å². The molecule has 0 saturated heterocycles. The number of carboxylic acids is 1. The first kappa shape index (κ1) is 46.2. The summed E-state index contributed by atoms with van der Waals surface area (Å²) in [5, 5.41) is 21.6. The maximum absolute atomic E-state index is 12.1. The van der Waals surface area contributed by atoms with Gasteiger partial charge in [-0.3, -0.25) is 18.6 Å². The van der Waals surface area contributed by atoms with Gasteiger partial charge >= 0.3 is 19.8 Å². The number of phosphoric acid groups is 1. The van der Waals surface area contributed by atoms with Crippen molar-refractivity contribution in [2.75, 3.05) is 19.8 Å². The molecule has 0 spiro atoms. The fraction of sp³-hybridized carbons (Fsp3) is 0.861. The number of esters is 1. The van der Waals surface area contributed by atoms with Crippen molar-refractivity contribution in [2.24, 2.45) is 0 Å². The van der Waals surface area contributed by atoms with E-state index < -0.39 is 57.6 Å². The maximum Gasteiger partial charge on any atom is 0.472 e. The monoisotopic (exact) mass is 705 g/mol. The van der Waals surface area contributed by atoms with Crippen molar-refractivity contribution in [1.82, 2.24) is 5.32 Å². The van der Waals surface area contributed by atoms with E-state index in [1.54, 1.807) is 0 Å². The van der Waals surface area contributed by atoms with Crippen LogP contribution in [0.5, 0.6) is 0 Å². The number of aliphatic hydroxyl groups is 1. The van der Waals surface area contributed by atoms with E-state index in [1.165, 1.54) is 70.6 Å². The highest BCUT2D eigenvalue weighted by molar-refractivity contribution is 7.47. The molecule has 282 valence electrons. The number of hydrogen-bond donors (Lipinski definition) is 4. The number of aliphatic carboxylic acids is 1. The number of carbonyl (C=O) groups is 3. The molecule has 0 rings (SSSR count). The molecule has 0 fully saturated rings. The molecule has 0 aromatic heterocycles. The second kappa shape index (κ2) is 32.4. The number of allylic oxidation sites excluding steroid dienone is 2. The Hall–Kier alpha value is -1.78. The average Bonchev–Trinajstić information content (AvgIpc) is 3.05. The molecule has 0 aliphatic rings. The fourth-order valence-electron chi connectivity index (χ4n) is 5.07. The molecule has 0 aromatic rings. The van der Waals surface area contributed by atoms with Gasteiger partial charge in [-0.2, -0.15) is 0 Å². The molecule has 3 atom stereocenters. The topological polar surface area (TPSA) is 169 Å². The zero-order valence-electron chi connectivity index (χ0n) is 30.0. The van der Waals surface area contributed by atoms with Crippen LogP contribution in [0.25, 0.3) is 0 Å². The molecule has 11 nitrogen and oxygen atoms in total. The Balaban J connectivity index is 3.86. The lowest BCUT2D eigenvalue weighted by atomic mass is 10.1. The van der Waals surface area contributed by atoms with Crippen LogP contribution >= 0.6 is 7.82 Å². The predicted octanol–water partition coefficient (Wildman–Crippen LogP) is 8.55. The van der Waals surface area contributed by atoms with Gasteiger partial charge in [0.05, 0.1) is 13.2 Å². The van der Waals surface area contributed by atoms with Gasteiger partial charge in [0.1, 0.15) is 12.7 Å². The van der Waals surface area contributed by atoms with Crippen LogP contribution in [-0.4, -0.2) is 64.9 Å². The first-order valence-corrected chi connectivity index (χ1v) is 20.2. The summed E-state index contributed by atoms with van der Waals surface area (Å²) in [6.07, 6.45) is 28.6. The smallest absolute Gasteiger partial charge is 0.472 e. The predicted molar refractivity (Wildman–Crippen MR) is 190 cm³/mol. The van der Waals surface area contributed by atoms with Gasteiger partial charge in [-0.1, -0.05) is 129 Å². The molecule has 0 saturated carbocycles. The second-order valence-corrected chi connectivity index (χ2v) is 14.2. The van der Waals surface area contributed by atoms with Crippen molar-refractivity contribution in [2.45, 2.75) is 180 Å². The van der Waals surface area contributed by atoms with Gasteiger partial charge in [0.2, 0.25) is 5.91 Å². The second-order valence-electron chi connectivity index (χ2n) is 12.8. The van der Waals surface area contributed by atoms with Crippen LogP contribution in [0.15, 0.2) is 12.2 Å². The normalized spacial score (nSPS) is 14.1. The minimum Gasteiger partial charge on any atom is -0.480 e. The maximum atomic E-state index is 12.1. The highest BCUT2D eigenvalue weighted by Gasteiger charge is 2.28. The Morgan fingerprint density at radius 3 is 1.58 bits per heavy atom. The Morgan fingerprint density at radius 1 is 0.646 bits per heavy atom. The van der Waals surface area contributed by atoms with Crippen LogP contribution < -0.4 is 5.32 Å². The first-order chi connectivity index (χ1) is 23.1. The van der Waals surface area contributed by atoms with Gasteiger partial charge in [0, 0.05) is 12.8 Å². The SMILES string of the molecule is CCCCCCCCC/C=C\CCCCCCCCCC(=O)OCC(O)COP(=O)(O)OCC(NC(=O)CCCCCCCC)C(=O)O. The minimum atomic E-state index is -4.74. The van der Waals surface area contributed by atoms with Gasteiger partial charge in [0.25, 0.3) is 0 Å². The number of hydrogen-bond acceptors (Lipinski definition) is 8. The van der Waals surface area contributed by atoms with Gasteiger partial charge < -0.3 is 25.2 Å². The zero-order valence-corrected chi connectivity index (χ0v) is 30.9. The lowest BCUT2D eigenvalue weighted by Crippen LogP contribution is -2.43. The van der Waals surface area contributed by atoms with E-state index in [1.807, 2.05) is 0 Å². The summed E-state index contributed by atoms with van der Waals surface area (Å²) in [7, 11) is -4.74. The van der Waals surface area contributed by atoms with Crippen molar-refractivity contribution < 1.29 is 47.8 Å². The lowest BCUT2D eigenvalue weighted by Gasteiger charge is -2.18. The molecular weight excluding hydrogens is 637 g/mol. The van der Waals surface area contributed by atoms with Crippen LogP contribution in [0.2, 0.25) is 0 Å². The Bertz CT molecular complexity index is 885. The van der Waals surface area contributed by atoms with E-state index in [4.69, 9.17) is 13.8 Å². The zero-order chi connectivity index (χ0) is 35.7. The van der Waals surface area contributed by atoms with Gasteiger partial charge in [-0.05, 0) is 38.5 Å². The van der Waals surface area contributed by atoms with Crippen molar-refractivity contribution in [3.63, 3.8) is 0 Å². The number of nitrogens with one attached hydrogen (secondary N) is 1. The number of carbonyl (C=O) groups excluding carboxylic acids is 2. The van der Waals surface area contributed by atoms with Crippen molar-refractivity contribution in [1.29, 1.82) is 0 Å². The van der Waals surface area contributed by atoms with Crippen LogP contribution in [-0.2, 0) is 32.7 Å². The van der Waals surface area contributed by atoms with Crippen LogP contribution in [0.3, 0.4) is 0 Å². The summed E-state index contributed by atoms with van der Waals surface area (Å²) in [5.41, 5.74) is 0. The molecule has 0 radical (unpaired) electrons. The van der Waals surface area contributed by atoms with E-state index in [2.05, 4.69) is 31.3 Å². The van der Waals surface area contributed by atoms with Crippen molar-refractivity contribution in [3.05, 3.63) is 12.2 Å². The third kappa shape index (κ3) is 31.5. The molecule has 0 aliphatic heterocycles. The van der Waals surface area contributed by atoms with Crippen LogP contribution in [0.4, 0.5) is 0 Å². The molecule has 12 heteroatoms. The molecule has 3 unspecified atom stereocenters. The van der Waals surface area contributed by atoms with Crippen LogP contribution in [0.1, 0.15) is 168 Å². The van der Waals surface area contributed by atoms with Gasteiger partial charge in [-0.15, -0.1) is 0 Å². The number of rotatable bonds is 35. The molecule has 0 aromatic carbocycles. The summed E-state index contributed by atoms with van der Waals surface area (Å²) >= 11 is 0. The largest absolute Gasteiger partial charge is 0.480 e. The number of carboxylic acid groups (broad SMARTS) is 1. The standard InChI is InChI=1S/C36H68NO10P/c1-3-5-7-9-11-12-13-14-15-16-17-18-19-20-21-22-24-26-28-35(40)45-29-32(38)30-46-48(43,44)47-31-33(36(41)42)37-34(39)27-25-23-10-8-6-4-2/h15-16,32-33,38H,3-14,17-31H2,1-2H3,(H,37,39)(H,41,42)(H,43,44)/b16-15-. The van der Waals surface area contributed by atoms with E-state index in [0.717, 1.165) is 57.8 Å². The average molecular weight is 706 g/mol. The van der Waals surface area contributed by atoms with Gasteiger partial charge in [-0.25, -0.2) is 9.36 Å². The lowest BCUT2D eigenvalue weighted by molar-refractivity contribution is -0.147. The number of phosphoric ester groups is 1. The van der Waals surface area contributed by atoms with E-state index in [-0.39, 0.29) is 12.8 Å². The van der Waals surface area contributed by atoms with Gasteiger partial charge in [0.15, 0.2) is 6.04 Å². The number of aliphatic hydroxyl groups excluding tert-OH is 1. The van der Waals surface area contributed by atoms with E-state index in [0.29, 0.717) is 12.8 Å². The van der Waals surface area contributed by atoms with Crippen LogP contribution in [0, 0.1) is 0 Å². The number of unbranched alkanes of at least 4 members (excludes halogenated alkanes) is 19. The Labute approximate surface area is 290 Å². The quantitative estimate of drug-likeness (QED) is 0.0217. The Kier molecular flexibility index (Phi) is 31.2. The fourth-order valence-corrected chi connectivity index (χ4v) is 5.85. The molecular formula is C36H68NO10P. The number of amides is 1. The molecule has 0 bridgehead atoms. The summed E-state index contributed by atoms with van der Waals surface area (Å²) in [6.45, 7) is 2.48. The highest BCUT2D eigenvalue weighted by atomic mass is 31.2. The van der Waals surface area contributed by atoms with Crippen molar-refractivity contribution in [3.8, 4) is 0 Å². The van der Waals surface area contributed by atoms with E-state index in [9.17, 15) is 34.1 Å². The third-order valence-corrected chi connectivity index (χ3v) is 9.01. The summed E-state index contributed by atoms with van der Waals surface area (Å²) in [6, 6.07) is -1.54. The number of ether oxygens (including phenoxy) is 1. The summed E-state index contributed by atoms with van der Waals surface area (Å²) < 4.78 is 26.6.